The molecule has 184 valence electrons. The maximum Gasteiger partial charge on any atom is 0.251 e. The zero-order valence-electron chi connectivity index (χ0n) is 20.7. The Balaban J connectivity index is 1.13. The standard InChI is InChI=1S/C32H34N2O2/c35-30(18-29(25-7-3-1-4-8-25)34-31(36)26-9-5-2-6-10-26)33-28-13-11-27(12-14-28)32-19-22-15-23(20-32)17-24(16-22)21-32/h1-14,22-24,29H,15-21H2,(H,33,35)(H,34,36)/t22?,23?,24?,29-,32?/m0/s1. The fourth-order valence-corrected chi connectivity index (χ4v) is 7.54. The van der Waals surface area contributed by atoms with Gasteiger partial charge in [-0.1, -0.05) is 60.7 Å². The Hall–Kier alpha value is -3.40. The third-order valence-electron chi connectivity index (χ3n) is 8.75. The highest BCUT2D eigenvalue weighted by Crippen LogP contribution is 2.60. The van der Waals surface area contributed by atoms with Crippen LogP contribution in [0.25, 0.3) is 0 Å². The van der Waals surface area contributed by atoms with Crippen molar-refractivity contribution in [1.82, 2.24) is 5.32 Å². The predicted molar refractivity (Wildman–Crippen MR) is 143 cm³/mol. The topological polar surface area (TPSA) is 58.2 Å². The highest BCUT2D eigenvalue weighted by Gasteiger charge is 2.51. The SMILES string of the molecule is O=C(C[C@H](NC(=O)c1ccccc1)c1ccccc1)Nc1ccc(C23CC4CC(CC(C4)C2)C3)cc1. The van der Waals surface area contributed by atoms with Crippen LogP contribution >= 0.6 is 0 Å². The predicted octanol–water partition coefficient (Wildman–Crippen LogP) is 6.65. The van der Waals surface area contributed by atoms with Gasteiger partial charge in [-0.15, -0.1) is 0 Å². The molecule has 7 rings (SSSR count). The number of amides is 2. The van der Waals surface area contributed by atoms with Crippen LogP contribution in [0.15, 0.2) is 84.9 Å². The molecular weight excluding hydrogens is 444 g/mol. The normalized spacial score (nSPS) is 26.8. The van der Waals surface area contributed by atoms with Crippen molar-refractivity contribution >= 4 is 17.5 Å². The summed E-state index contributed by atoms with van der Waals surface area (Å²) in [6.07, 6.45) is 8.50. The first-order chi connectivity index (χ1) is 17.6. The molecule has 4 aliphatic rings. The molecule has 0 aliphatic heterocycles. The summed E-state index contributed by atoms with van der Waals surface area (Å²) in [5.41, 5.74) is 4.12. The van der Waals surface area contributed by atoms with E-state index in [4.69, 9.17) is 0 Å². The fraction of sp³-hybridized carbons (Fsp3) is 0.375. The summed E-state index contributed by atoms with van der Waals surface area (Å²) < 4.78 is 0. The smallest absolute Gasteiger partial charge is 0.251 e. The van der Waals surface area contributed by atoms with Gasteiger partial charge in [-0.3, -0.25) is 9.59 Å². The van der Waals surface area contributed by atoms with E-state index in [1.54, 1.807) is 12.1 Å². The highest BCUT2D eigenvalue weighted by atomic mass is 16.2. The molecule has 1 atom stereocenters. The molecule has 3 aromatic rings. The van der Waals surface area contributed by atoms with Crippen molar-refractivity contribution in [3.8, 4) is 0 Å². The third-order valence-corrected chi connectivity index (χ3v) is 8.75. The van der Waals surface area contributed by atoms with Crippen molar-refractivity contribution < 1.29 is 9.59 Å². The van der Waals surface area contributed by atoms with Crippen molar-refractivity contribution in [2.24, 2.45) is 17.8 Å². The summed E-state index contributed by atoms with van der Waals surface area (Å²) in [5.74, 6) is 2.45. The highest BCUT2D eigenvalue weighted by molar-refractivity contribution is 5.95. The second kappa shape index (κ2) is 9.57. The van der Waals surface area contributed by atoms with Gasteiger partial charge >= 0.3 is 0 Å². The molecule has 0 aromatic heterocycles. The average Bonchev–Trinajstić information content (AvgIpc) is 2.89. The van der Waals surface area contributed by atoms with Gasteiger partial charge in [0, 0.05) is 11.3 Å². The summed E-state index contributed by atoms with van der Waals surface area (Å²) in [5, 5.41) is 6.12. The lowest BCUT2D eigenvalue weighted by Gasteiger charge is -2.57. The monoisotopic (exact) mass is 478 g/mol. The Morgan fingerprint density at radius 3 is 1.89 bits per heavy atom. The van der Waals surface area contributed by atoms with Crippen molar-refractivity contribution in [1.29, 1.82) is 0 Å². The summed E-state index contributed by atoms with van der Waals surface area (Å²) in [4.78, 5) is 25.9. The number of hydrogen-bond acceptors (Lipinski definition) is 2. The molecule has 2 amide bonds. The van der Waals surface area contributed by atoms with Gasteiger partial charge in [0.25, 0.3) is 5.91 Å². The van der Waals surface area contributed by atoms with Crippen molar-refractivity contribution in [3.63, 3.8) is 0 Å². The Morgan fingerprint density at radius 1 is 0.750 bits per heavy atom. The van der Waals surface area contributed by atoms with Crippen LogP contribution in [0.3, 0.4) is 0 Å². The Labute approximate surface area is 213 Å². The quantitative estimate of drug-likeness (QED) is 0.399. The lowest BCUT2D eigenvalue weighted by atomic mass is 9.48. The molecule has 36 heavy (non-hydrogen) atoms. The second-order valence-corrected chi connectivity index (χ2v) is 11.3. The number of nitrogens with one attached hydrogen (secondary N) is 2. The number of benzene rings is 3. The molecule has 3 aromatic carbocycles. The van der Waals surface area contributed by atoms with Crippen LogP contribution in [-0.4, -0.2) is 11.8 Å². The zero-order valence-corrected chi connectivity index (χ0v) is 20.7. The van der Waals surface area contributed by atoms with Crippen LogP contribution in [0.2, 0.25) is 0 Å². The van der Waals surface area contributed by atoms with Gasteiger partial charge in [0.05, 0.1) is 12.5 Å². The van der Waals surface area contributed by atoms with Crippen LogP contribution in [0.4, 0.5) is 5.69 Å². The molecular formula is C32H34N2O2. The summed E-state index contributed by atoms with van der Waals surface area (Å²) in [7, 11) is 0. The molecule has 0 radical (unpaired) electrons. The van der Waals surface area contributed by atoms with E-state index in [9.17, 15) is 9.59 Å². The molecule has 4 saturated carbocycles. The van der Waals surface area contributed by atoms with Gasteiger partial charge in [-0.05, 0) is 97.1 Å². The van der Waals surface area contributed by atoms with Gasteiger partial charge in [0.1, 0.15) is 0 Å². The Kier molecular flexibility index (Phi) is 6.12. The van der Waals surface area contributed by atoms with Crippen LogP contribution in [0, 0.1) is 17.8 Å². The lowest BCUT2D eigenvalue weighted by Crippen LogP contribution is -2.48. The molecule has 0 unspecified atom stereocenters. The first-order valence-corrected chi connectivity index (χ1v) is 13.4. The molecule has 0 heterocycles. The first kappa shape index (κ1) is 23.0. The number of anilines is 1. The molecule has 4 fully saturated rings. The van der Waals surface area contributed by atoms with Crippen molar-refractivity contribution in [3.05, 3.63) is 102 Å². The number of rotatable bonds is 7. The maximum atomic E-state index is 13.1. The molecule has 2 N–H and O–H groups in total. The van der Waals surface area contributed by atoms with E-state index in [-0.39, 0.29) is 18.2 Å². The fourth-order valence-electron chi connectivity index (χ4n) is 7.54. The Bertz CT molecular complexity index is 1180. The Morgan fingerprint density at radius 2 is 1.31 bits per heavy atom. The van der Waals surface area contributed by atoms with E-state index in [0.717, 1.165) is 29.0 Å². The van der Waals surface area contributed by atoms with E-state index in [2.05, 4.69) is 34.9 Å². The van der Waals surface area contributed by atoms with Gasteiger partial charge < -0.3 is 10.6 Å². The summed E-state index contributed by atoms with van der Waals surface area (Å²) in [6.45, 7) is 0. The largest absolute Gasteiger partial charge is 0.345 e. The van der Waals surface area contributed by atoms with E-state index in [0.29, 0.717) is 11.0 Å². The maximum absolute atomic E-state index is 13.1. The molecule has 4 aliphatic carbocycles. The molecule has 0 saturated heterocycles. The minimum absolute atomic E-state index is 0.111. The lowest BCUT2D eigenvalue weighted by molar-refractivity contribution is -0.116. The second-order valence-electron chi connectivity index (χ2n) is 11.3. The molecule has 4 nitrogen and oxygen atoms in total. The minimum Gasteiger partial charge on any atom is -0.345 e. The van der Waals surface area contributed by atoms with E-state index in [1.807, 2.05) is 48.5 Å². The van der Waals surface area contributed by atoms with Gasteiger partial charge in [-0.2, -0.15) is 0 Å². The zero-order chi connectivity index (χ0) is 24.5. The van der Waals surface area contributed by atoms with Crippen molar-refractivity contribution in [2.45, 2.75) is 56.4 Å². The molecule has 0 spiro atoms. The van der Waals surface area contributed by atoms with E-state index >= 15 is 0 Å². The van der Waals surface area contributed by atoms with Gasteiger partial charge in [0.15, 0.2) is 0 Å². The van der Waals surface area contributed by atoms with Crippen molar-refractivity contribution in [2.75, 3.05) is 5.32 Å². The first-order valence-electron chi connectivity index (χ1n) is 13.4. The molecule has 4 heteroatoms. The average molecular weight is 479 g/mol. The van der Waals surface area contributed by atoms with Gasteiger partial charge in [0.2, 0.25) is 5.91 Å². The van der Waals surface area contributed by atoms with Gasteiger partial charge in [-0.25, -0.2) is 0 Å². The number of hydrogen-bond donors (Lipinski definition) is 2. The third kappa shape index (κ3) is 4.69. The van der Waals surface area contributed by atoms with E-state index in [1.165, 1.54) is 44.1 Å². The molecule has 4 bridgehead atoms. The number of carbonyl (C=O) groups is 2. The van der Waals surface area contributed by atoms with Crippen LogP contribution in [0.1, 0.15) is 72.5 Å². The summed E-state index contributed by atoms with van der Waals surface area (Å²) >= 11 is 0. The summed E-state index contributed by atoms with van der Waals surface area (Å²) in [6, 6.07) is 27.0. The van der Waals surface area contributed by atoms with E-state index < -0.39 is 6.04 Å². The minimum atomic E-state index is -0.412. The van der Waals surface area contributed by atoms with Crippen LogP contribution < -0.4 is 10.6 Å². The van der Waals surface area contributed by atoms with Crippen LogP contribution in [-0.2, 0) is 10.2 Å². The number of carbonyl (C=O) groups excluding carboxylic acids is 2. The van der Waals surface area contributed by atoms with Crippen LogP contribution in [0.5, 0.6) is 0 Å².